The minimum Gasteiger partial charge on any atom is -0.459 e. The van der Waals surface area contributed by atoms with Crippen LogP contribution in [0.5, 0.6) is 0 Å². The topological polar surface area (TPSA) is 84.8 Å². The maximum absolute atomic E-state index is 12.1. The quantitative estimate of drug-likeness (QED) is 0.828. The molecule has 1 aliphatic heterocycles. The summed E-state index contributed by atoms with van der Waals surface area (Å²) in [6.07, 6.45) is 0. The van der Waals surface area contributed by atoms with Crippen molar-refractivity contribution in [2.45, 2.75) is 24.5 Å². The Balaban J connectivity index is 1.74. The van der Waals surface area contributed by atoms with Crippen molar-refractivity contribution >= 4 is 33.4 Å². The summed E-state index contributed by atoms with van der Waals surface area (Å²) < 4.78 is 31.7. The second-order valence-corrected chi connectivity index (χ2v) is 7.51. The van der Waals surface area contributed by atoms with Crippen molar-refractivity contribution in [1.82, 2.24) is 4.72 Å². The number of esters is 1. The highest BCUT2D eigenvalue weighted by Gasteiger charge is 2.31. The number of hydrogen-bond donors (Lipinski definition) is 1. The SMILES string of the molecule is C[C@H](N=C1NS(=O)(=O)c2ccccc21)C(=O)OCc1ccccc1Cl. The number of aliphatic imine (C=N–C) groups is 1. The van der Waals surface area contributed by atoms with Gasteiger partial charge in [-0.1, -0.05) is 41.9 Å². The van der Waals surface area contributed by atoms with Crippen LogP contribution >= 0.6 is 11.6 Å². The van der Waals surface area contributed by atoms with Crippen molar-refractivity contribution in [2.75, 3.05) is 0 Å². The van der Waals surface area contributed by atoms with E-state index >= 15 is 0 Å². The van der Waals surface area contributed by atoms with E-state index in [0.29, 0.717) is 16.1 Å². The van der Waals surface area contributed by atoms with Crippen molar-refractivity contribution in [3.8, 4) is 0 Å². The normalized spacial score (nSPS) is 17.6. The summed E-state index contributed by atoms with van der Waals surface area (Å²) in [5.74, 6) is -0.436. The summed E-state index contributed by atoms with van der Waals surface area (Å²) in [5.41, 5.74) is 1.12. The zero-order valence-corrected chi connectivity index (χ0v) is 14.8. The molecule has 1 aliphatic rings. The van der Waals surface area contributed by atoms with Gasteiger partial charge in [0.1, 0.15) is 18.5 Å². The number of ether oxygens (including phenoxy) is 1. The van der Waals surface area contributed by atoms with E-state index in [1.807, 2.05) is 0 Å². The van der Waals surface area contributed by atoms with E-state index < -0.39 is 22.0 Å². The Hall–Kier alpha value is -2.38. The van der Waals surface area contributed by atoms with E-state index in [1.54, 1.807) is 42.5 Å². The van der Waals surface area contributed by atoms with Gasteiger partial charge in [-0.15, -0.1) is 0 Å². The first-order valence-electron chi connectivity index (χ1n) is 7.48. The summed E-state index contributed by atoms with van der Waals surface area (Å²) in [5, 5.41) is 0.506. The Labute approximate surface area is 150 Å². The monoisotopic (exact) mass is 378 g/mol. The number of carbonyl (C=O) groups is 1. The molecule has 0 saturated heterocycles. The molecule has 8 heteroatoms. The fraction of sp³-hybridized carbons (Fsp3) is 0.176. The lowest BCUT2D eigenvalue weighted by Crippen LogP contribution is -2.26. The molecular weight excluding hydrogens is 364 g/mol. The molecule has 25 heavy (non-hydrogen) atoms. The number of benzene rings is 2. The first kappa shape index (κ1) is 17.4. The molecule has 0 bridgehead atoms. The Morgan fingerprint density at radius 2 is 1.88 bits per heavy atom. The summed E-state index contributed by atoms with van der Waals surface area (Å²) in [6.45, 7) is 1.56. The number of rotatable bonds is 4. The van der Waals surface area contributed by atoms with Gasteiger partial charge in [0.25, 0.3) is 10.0 Å². The highest BCUT2D eigenvalue weighted by atomic mass is 35.5. The van der Waals surface area contributed by atoms with Crippen LogP contribution in [0.4, 0.5) is 0 Å². The maximum atomic E-state index is 12.1. The van der Waals surface area contributed by atoms with Gasteiger partial charge in [-0.2, -0.15) is 0 Å². The second kappa shape index (κ2) is 6.85. The number of nitrogens with zero attached hydrogens (tertiary/aromatic N) is 1. The lowest BCUT2D eigenvalue weighted by molar-refractivity contribution is -0.145. The molecule has 0 saturated carbocycles. The molecule has 0 aromatic heterocycles. The minimum absolute atomic E-state index is 0.0238. The van der Waals surface area contributed by atoms with Gasteiger partial charge in [0.2, 0.25) is 0 Å². The van der Waals surface area contributed by atoms with Gasteiger partial charge in [0, 0.05) is 16.1 Å². The van der Waals surface area contributed by atoms with Gasteiger partial charge in [-0.3, -0.25) is 9.71 Å². The Morgan fingerprint density at radius 3 is 2.64 bits per heavy atom. The number of carbonyl (C=O) groups excluding carboxylic acids is 1. The minimum atomic E-state index is -3.64. The molecule has 1 atom stereocenters. The fourth-order valence-electron chi connectivity index (χ4n) is 2.36. The van der Waals surface area contributed by atoms with Crippen LogP contribution in [0.3, 0.4) is 0 Å². The van der Waals surface area contributed by atoms with Crippen LogP contribution in [0.1, 0.15) is 18.1 Å². The van der Waals surface area contributed by atoms with Crippen LogP contribution in [-0.4, -0.2) is 26.3 Å². The molecule has 2 aromatic carbocycles. The molecule has 2 aromatic rings. The average Bonchev–Trinajstić information content (AvgIpc) is 2.85. The summed E-state index contributed by atoms with van der Waals surface area (Å²) in [4.78, 5) is 16.4. The predicted octanol–water partition coefficient (Wildman–Crippen LogP) is 2.51. The molecule has 0 aliphatic carbocycles. The maximum Gasteiger partial charge on any atom is 0.330 e. The van der Waals surface area contributed by atoms with Crippen molar-refractivity contribution in [2.24, 2.45) is 4.99 Å². The van der Waals surface area contributed by atoms with Crippen LogP contribution in [0.25, 0.3) is 0 Å². The third-order valence-corrected chi connectivity index (χ3v) is 5.42. The molecule has 130 valence electrons. The smallest absolute Gasteiger partial charge is 0.330 e. The molecule has 1 heterocycles. The van der Waals surface area contributed by atoms with Gasteiger partial charge in [0.05, 0.1) is 4.90 Å². The Morgan fingerprint density at radius 1 is 1.20 bits per heavy atom. The number of sulfonamides is 1. The molecular formula is C17H15ClN2O4S. The number of halogens is 1. The standard InChI is InChI=1S/C17H15ClN2O4S/c1-11(17(21)24-10-12-6-2-4-8-14(12)18)19-16-13-7-3-5-9-15(13)25(22,23)20-16/h2-9,11H,10H2,1H3,(H,19,20)/t11-/m0/s1. The molecule has 0 unspecified atom stereocenters. The Bertz CT molecular complexity index is 957. The van der Waals surface area contributed by atoms with E-state index in [4.69, 9.17) is 16.3 Å². The van der Waals surface area contributed by atoms with E-state index in [-0.39, 0.29) is 17.3 Å². The highest BCUT2D eigenvalue weighted by molar-refractivity contribution is 7.90. The van der Waals surface area contributed by atoms with E-state index in [1.165, 1.54) is 13.0 Å². The van der Waals surface area contributed by atoms with Gasteiger partial charge < -0.3 is 4.74 Å². The molecule has 0 amide bonds. The van der Waals surface area contributed by atoms with E-state index in [0.717, 1.165) is 0 Å². The summed E-state index contributed by atoms with van der Waals surface area (Å²) >= 11 is 6.02. The van der Waals surface area contributed by atoms with Crippen molar-refractivity contribution in [1.29, 1.82) is 0 Å². The van der Waals surface area contributed by atoms with Crippen LogP contribution < -0.4 is 4.72 Å². The van der Waals surface area contributed by atoms with Gasteiger partial charge in [-0.25, -0.2) is 13.2 Å². The largest absolute Gasteiger partial charge is 0.459 e. The van der Waals surface area contributed by atoms with Gasteiger partial charge in [0.15, 0.2) is 0 Å². The first-order valence-corrected chi connectivity index (χ1v) is 9.34. The molecule has 0 radical (unpaired) electrons. The summed E-state index contributed by atoms with van der Waals surface area (Å²) in [6, 6.07) is 12.6. The highest BCUT2D eigenvalue weighted by Crippen LogP contribution is 2.23. The lowest BCUT2D eigenvalue weighted by Gasteiger charge is -2.10. The molecule has 0 fully saturated rings. The fourth-order valence-corrected chi connectivity index (χ4v) is 3.79. The number of fused-ring (bicyclic) bond motifs is 1. The number of nitrogens with one attached hydrogen (secondary N) is 1. The zero-order chi connectivity index (χ0) is 18.0. The van der Waals surface area contributed by atoms with Crippen LogP contribution in [0.15, 0.2) is 58.4 Å². The Kier molecular flexibility index (Phi) is 4.78. The lowest BCUT2D eigenvalue weighted by atomic mass is 10.2. The summed E-state index contributed by atoms with van der Waals surface area (Å²) in [7, 11) is -3.64. The molecule has 6 nitrogen and oxygen atoms in total. The van der Waals surface area contributed by atoms with Crippen LogP contribution in [-0.2, 0) is 26.2 Å². The third kappa shape index (κ3) is 3.67. The molecule has 1 N–H and O–H groups in total. The van der Waals surface area contributed by atoms with Crippen molar-refractivity contribution < 1.29 is 17.9 Å². The zero-order valence-electron chi connectivity index (χ0n) is 13.3. The molecule has 3 rings (SSSR count). The number of hydrogen-bond acceptors (Lipinski definition) is 5. The second-order valence-electron chi connectivity index (χ2n) is 5.45. The van der Waals surface area contributed by atoms with E-state index in [9.17, 15) is 13.2 Å². The predicted molar refractivity (Wildman–Crippen MR) is 94.0 cm³/mol. The van der Waals surface area contributed by atoms with Gasteiger partial charge >= 0.3 is 5.97 Å². The van der Waals surface area contributed by atoms with Crippen LogP contribution in [0.2, 0.25) is 5.02 Å². The van der Waals surface area contributed by atoms with Crippen molar-refractivity contribution in [3.63, 3.8) is 0 Å². The average molecular weight is 379 g/mol. The van der Waals surface area contributed by atoms with Crippen molar-refractivity contribution in [3.05, 3.63) is 64.7 Å². The van der Waals surface area contributed by atoms with Crippen LogP contribution in [0, 0.1) is 0 Å². The third-order valence-electron chi connectivity index (χ3n) is 3.65. The van der Waals surface area contributed by atoms with E-state index in [2.05, 4.69) is 9.71 Å². The number of amidine groups is 1. The van der Waals surface area contributed by atoms with Gasteiger partial charge in [-0.05, 0) is 25.1 Å². The first-order chi connectivity index (χ1) is 11.9. The molecule has 0 spiro atoms.